The first-order valence-corrected chi connectivity index (χ1v) is 15.4. The highest BCUT2D eigenvalue weighted by atomic mass is 32.2. The van der Waals surface area contributed by atoms with Crippen LogP contribution in [0.15, 0.2) is 94.7 Å². The zero-order valence-electron chi connectivity index (χ0n) is 25.1. The highest BCUT2D eigenvalue weighted by Gasteiger charge is 2.13. The minimum Gasteiger partial charge on any atom is -0.398 e. The molecule has 0 amide bonds. The monoisotopic (exact) mass is 584 g/mol. The van der Waals surface area contributed by atoms with E-state index in [0.29, 0.717) is 11.4 Å². The van der Waals surface area contributed by atoms with Crippen LogP contribution in [-0.2, 0) is 0 Å². The van der Waals surface area contributed by atoms with Crippen LogP contribution in [0.2, 0.25) is 0 Å². The summed E-state index contributed by atoms with van der Waals surface area (Å²) in [5, 5.41) is 0. The molecule has 0 aromatic heterocycles. The summed E-state index contributed by atoms with van der Waals surface area (Å²) >= 11 is 3.60. The van der Waals surface area contributed by atoms with Gasteiger partial charge in [-0.25, -0.2) is 0 Å². The molecule has 0 aliphatic heterocycles. The average Bonchev–Trinajstić information content (AvgIpc) is 2.91. The molecule has 0 saturated heterocycles. The van der Waals surface area contributed by atoms with E-state index >= 15 is 0 Å². The van der Waals surface area contributed by atoms with Crippen molar-refractivity contribution in [3.8, 4) is 35.5 Å². The van der Waals surface area contributed by atoms with Gasteiger partial charge in [0.05, 0.1) is 0 Å². The van der Waals surface area contributed by atoms with Gasteiger partial charge in [0.1, 0.15) is 0 Å². The third-order valence-corrected chi connectivity index (χ3v) is 7.86. The van der Waals surface area contributed by atoms with Crippen molar-refractivity contribution in [3.05, 3.63) is 118 Å². The summed E-state index contributed by atoms with van der Waals surface area (Å²) in [6.45, 7) is 13.2. The molecule has 4 N–H and O–H groups in total. The maximum Gasteiger partial charge on any atom is 0.0489 e. The van der Waals surface area contributed by atoms with Crippen LogP contribution in [0, 0.1) is 35.5 Å². The van der Waals surface area contributed by atoms with Gasteiger partial charge >= 0.3 is 0 Å². The SMILES string of the molecule is CC(C)(C)Sc1ccc(N)c(C#Cc2cccc(C#Cc3cccc(C#Cc4cc(SC(C)(C)C)ccc4N)c3)c2)c1. The fraction of sp³-hybridized carbons (Fsp3) is 0.211. The molecule has 4 heteroatoms. The first-order chi connectivity index (χ1) is 19.8. The van der Waals surface area contributed by atoms with E-state index in [4.69, 9.17) is 11.5 Å². The summed E-state index contributed by atoms with van der Waals surface area (Å²) in [6.07, 6.45) is 0. The molecular formula is C38H36N2S2. The first-order valence-electron chi connectivity index (χ1n) is 13.8. The van der Waals surface area contributed by atoms with Crippen LogP contribution in [0.25, 0.3) is 0 Å². The van der Waals surface area contributed by atoms with E-state index in [-0.39, 0.29) is 9.49 Å². The quantitative estimate of drug-likeness (QED) is 0.140. The van der Waals surface area contributed by atoms with Crippen LogP contribution in [-0.4, -0.2) is 9.49 Å². The van der Waals surface area contributed by atoms with Gasteiger partial charge in [-0.2, -0.15) is 0 Å². The van der Waals surface area contributed by atoms with Gasteiger partial charge in [0, 0.05) is 64.0 Å². The summed E-state index contributed by atoms with van der Waals surface area (Å²) in [5.74, 6) is 19.5. The fourth-order valence-corrected chi connectivity index (χ4v) is 5.93. The van der Waals surface area contributed by atoms with Crippen molar-refractivity contribution in [1.29, 1.82) is 0 Å². The maximum atomic E-state index is 6.21. The van der Waals surface area contributed by atoms with Crippen LogP contribution in [0.5, 0.6) is 0 Å². The Bertz CT molecular complexity index is 1660. The van der Waals surface area contributed by atoms with Crippen molar-refractivity contribution in [3.63, 3.8) is 0 Å². The second-order valence-corrected chi connectivity index (χ2v) is 15.6. The Hall–Kier alpha value is -4.14. The molecule has 0 heterocycles. The average molecular weight is 585 g/mol. The number of nitrogen functional groups attached to an aromatic ring is 2. The lowest BCUT2D eigenvalue weighted by atomic mass is 10.1. The minimum atomic E-state index is 0.116. The Morgan fingerprint density at radius 2 is 0.786 bits per heavy atom. The Labute approximate surface area is 260 Å². The normalized spacial score (nSPS) is 10.9. The lowest BCUT2D eigenvalue weighted by Crippen LogP contribution is -2.06. The van der Waals surface area contributed by atoms with Crippen LogP contribution < -0.4 is 11.5 Å². The Kier molecular flexibility index (Phi) is 9.70. The lowest BCUT2D eigenvalue weighted by Gasteiger charge is -2.17. The molecule has 0 unspecified atom stereocenters. The molecule has 0 atom stereocenters. The first kappa shape index (κ1) is 30.8. The number of hydrogen-bond donors (Lipinski definition) is 2. The predicted molar refractivity (Wildman–Crippen MR) is 184 cm³/mol. The van der Waals surface area contributed by atoms with Crippen molar-refractivity contribution in [2.75, 3.05) is 11.5 Å². The third kappa shape index (κ3) is 9.75. The van der Waals surface area contributed by atoms with Gasteiger partial charge in [-0.3, -0.25) is 0 Å². The molecule has 0 fully saturated rings. The molecule has 4 aromatic rings. The van der Waals surface area contributed by atoms with Gasteiger partial charge in [-0.15, -0.1) is 23.5 Å². The Morgan fingerprint density at radius 3 is 1.12 bits per heavy atom. The van der Waals surface area contributed by atoms with Gasteiger partial charge in [0.25, 0.3) is 0 Å². The second-order valence-electron chi connectivity index (χ2n) is 11.8. The standard InChI is InChI=1S/C38H36N2S2/c1-37(2,3)41-33-19-21-35(39)31(25-33)17-15-29-11-7-9-27(23-29)13-14-28-10-8-12-30(24-28)16-18-32-26-34(20-22-36(32)40)42-38(4,5)6/h7-12,19-26H,39-40H2,1-6H3. The largest absolute Gasteiger partial charge is 0.398 e. The summed E-state index contributed by atoms with van der Waals surface area (Å²) < 4.78 is 0.232. The van der Waals surface area contributed by atoms with E-state index in [0.717, 1.165) is 43.2 Å². The number of nitrogens with two attached hydrogens (primary N) is 2. The van der Waals surface area contributed by atoms with Crippen molar-refractivity contribution < 1.29 is 0 Å². The van der Waals surface area contributed by atoms with E-state index in [1.165, 1.54) is 0 Å². The number of anilines is 2. The number of benzene rings is 4. The van der Waals surface area contributed by atoms with Crippen molar-refractivity contribution in [2.45, 2.75) is 60.8 Å². The van der Waals surface area contributed by atoms with Gasteiger partial charge in [-0.05, 0) is 72.8 Å². The number of rotatable bonds is 2. The third-order valence-electron chi connectivity index (χ3n) is 5.66. The maximum absolute atomic E-state index is 6.21. The molecule has 210 valence electrons. The van der Waals surface area contributed by atoms with Crippen LogP contribution in [0.1, 0.15) is 74.9 Å². The predicted octanol–water partition coefficient (Wildman–Crippen LogP) is 8.83. The van der Waals surface area contributed by atoms with Crippen LogP contribution >= 0.6 is 23.5 Å². The topological polar surface area (TPSA) is 52.0 Å². The molecule has 0 bridgehead atoms. The second kappa shape index (κ2) is 13.2. The minimum absolute atomic E-state index is 0.116. The summed E-state index contributed by atoms with van der Waals surface area (Å²) in [4.78, 5) is 2.31. The van der Waals surface area contributed by atoms with Crippen molar-refractivity contribution >= 4 is 34.9 Å². The molecule has 2 nitrogen and oxygen atoms in total. The summed E-state index contributed by atoms with van der Waals surface area (Å²) in [6, 6.07) is 28.0. The van der Waals surface area contributed by atoms with Gasteiger partial charge < -0.3 is 11.5 Å². The van der Waals surface area contributed by atoms with E-state index < -0.39 is 0 Å². The highest BCUT2D eigenvalue weighted by molar-refractivity contribution is 8.00. The van der Waals surface area contributed by atoms with E-state index in [1.54, 1.807) is 23.5 Å². The van der Waals surface area contributed by atoms with Gasteiger partial charge in [-0.1, -0.05) is 89.2 Å². The molecule has 4 aromatic carbocycles. The Morgan fingerprint density at radius 1 is 0.452 bits per heavy atom. The fourth-order valence-electron chi connectivity index (χ4n) is 3.89. The molecule has 0 radical (unpaired) electrons. The lowest BCUT2D eigenvalue weighted by molar-refractivity contribution is 0.802. The van der Waals surface area contributed by atoms with Crippen molar-refractivity contribution in [1.82, 2.24) is 0 Å². The number of hydrogen-bond acceptors (Lipinski definition) is 4. The van der Waals surface area contributed by atoms with Crippen molar-refractivity contribution in [2.24, 2.45) is 0 Å². The Balaban J connectivity index is 1.52. The van der Waals surface area contributed by atoms with E-state index in [9.17, 15) is 0 Å². The van der Waals surface area contributed by atoms with E-state index in [2.05, 4.69) is 89.2 Å². The number of thioether (sulfide) groups is 2. The van der Waals surface area contributed by atoms with Crippen LogP contribution in [0.3, 0.4) is 0 Å². The molecule has 4 rings (SSSR count). The highest BCUT2D eigenvalue weighted by Crippen LogP contribution is 2.34. The molecule has 42 heavy (non-hydrogen) atoms. The smallest absolute Gasteiger partial charge is 0.0489 e. The molecule has 0 saturated carbocycles. The van der Waals surface area contributed by atoms with Gasteiger partial charge in [0.15, 0.2) is 0 Å². The summed E-state index contributed by atoms with van der Waals surface area (Å²) in [5.41, 5.74) is 19.0. The molecule has 0 aliphatic rings. The molecular weight excluding hydrogens is 549 g/mol. The zero-order valence-corrected chi connectivity index (χ0v) is 26.7. The molecule has 0 aliphatic carbocycles. The van der Waals surface area contributed by atoms with E-state index in [1.807, 2.05) is 72.8 Å². The zero-order chi connectivity index (χ0) is 30.3. The van der Waals surface area contributed by atoms with Crippen LogP contribution in [0.4, 0.5) is 11.4 Å². The van der Waals surface area contributed by atoms with Gasteiger partial charge in [0.2, 0.25) is 0 Å². The summed E-state index contributed by atoms with van der Waals surface area (Å²) in [7, 11) is 0. The molecule has 0 spiro atoms.